The van der Waals surface area contributed by atoms with Crippen molar-refractivity contribution in [2.45, 2.75) is 26.0 Å². The molecule has 0 saturated carbocycles. The number of anilines is 1. The van der Waals surface area contributed by atoms with Gasteiger partial charge in [-0.1, -0.05) is 0 Å². The van der Waals surface area contributed by atoms with Crippen LogP contribution in [0.3, 0.4) is 0 Å². The van der Waals surface area contributed by atoms with Gasteiger partial charge in [-0.25, -0.2) is 0 Å². The quantitative estimate of drug-likeness (QED) is 0.902. The SMILES string of the molecule is CC1c2ccsc2CCN1c1cnccc1CO. The molecule has 0 bridgehead atoms. The van der Waals surface area contributed by atoms with E-state index in [1.807, 2.05) is 23.6 Å². The summed E-state index contributed by atoms with van der Waals surface area (Å²) in [4.78, 5) is 8.03. The number of aliphatic hydroxyl groups is 1. The Hall–Kier alpha value is -1.39. The summed E-state index contributed by atoms with van der Waals surface area (Å²) in [5.41, 5.74) is 3.43. The lowest BCUT2D eigenvalue weighted by Gasteiger charge is -2.36. The molecule has 1 atom stereocenters. The first-order chi connectivity index (χ1) is 8.81. The molecule has 0 amide bonds. The Balaban J connectivity index is 1.99. The predicted octanol–water partition coefficient (Wildman–Crippen LogP) is 2.76. The Kier molecular flexibility index (Phi) is 3.06. The van der Waals surface area contributed by atoms with Crippen molar-refractivity contribution < 1.29 is 5.11 Å². The summed E-state index contributed by atoms with van der Waals surface area (Å²) in [5.74, 6) is 0. The Morgan fingerprint density at radius 3 is 3.22 bits per heavy atom. The van der Waals surface area contributed by atoms with Crippen molar-refractivity contribution in [2.24, 2.45) is 0 Å². The average molecular weight is 260 g/mol. The molecule has 0 saturated heterocycles. The number of rotatable bonds is 2. The molecule has 0 fully saturated rings. The normalized spacial score (nSPS) is 18.8. The van der Waals surface area contributed by atoms with Crippen LogP contribution in [-0.4, -0.2) is 16.6 Å². The van der Waals surface area contributed by atoms with Crippen molar-refractivity contribution in [1.82, 2.24) is 4.98 Å². The fourth-order valence-corrected chi connectivity index (χ4v) is 3.61. The smallest absolute Gasteiger partial charge is 0.0703 e. The molecule has 1 aliphatic rings. The molecule has 2 aromatic heterocycles. The molecule has 3 rings (SSSR count). The van der Waals surface area contributed by atoms with Crippen LogP contribution in [0.4, 0.5) is 5.69 Å². The molecular formula is C14H16N2OS. The van der Waals surface area contributed by atoms with E-state index in [0.717, 1.165) is 24.2 Å². The highest BCUT2D eigenvalue weighted by molar-refractivity contribution is 7.10. The largest absolute Gasteiger partial charge is 0.392 e. The van der Waals surface area contributed by atoms with Crippen molar-refractivity contribution in [3.05, 3.63) is 45.9 Å². The molecule has 1 N–H and O–H groups in total. The number of nitrogens with zero attached hydrogens (tertiary/aromatic N) is 2. The highest BCUT2D eigenvalue weighted by Crippen LogP contribution is 2.36. The fraction of sp³-hybridized carbons (Fsp3) is 0.357. The molecule has 4 heteroatoms. The lowest BCUT2D eigenvalue weighted by atomic mass is 10.00. The van der Waals surface area contributed by atoms with Crippen LogP contribution in [0.1, 0.15) is 29.0 Å². The van der Waals surface area contributed by atoms with Gasteiger partial charge in [0.2, 0.25) is 0 Å². The molecule has 3 nitrogen and oxygen atoms in total. The van der Waals surface area contributed by atoms with E-state index >= 15 is 0 Å². The highest BCUT2D eigenvalue weighted by atomic mass is 32.1. The van der Waals surface area contributed by atoms with Crippen LogP contribution in [0.25, 0.3) is 0 Å². The van der Waals surface area contributed by atoms with Gasteiger partial charge in [0.1, 0.15) is 0 Å². The van der Waals surface area contributed by atoms with Crippen LogP contribution < -0.4 is 4.90 Å². The van der Waals surface area contributed by atoms with Crippen LogP contribution in [0.2, 0.25) is 0 Å². The zero-order chi connectivity index (χ0) is 12.5. The number of hydrogen-bond donors (Lipinski definition) is 1. The van der Waals surface area contributed by atoms with Gasteiger partial charge in [-0.3, -0.25) is 4.98 Å². The van der Waals surface area contributed by atoms with E-state index in [-0.39, 0.29) is 6.61 Å². The topological polar surface area (TPSA) is 36.4 Å². The molecule has 0 aliphatic carbocycles. The van der Waals surface area contributed by atoms with E-state index in [9.17, 15) is 5.11 Å². The van der Waals surface area contributed by atoms with E-state index in [1.165, 1.54) is 10.4 Å². The maximum absolute atomic E-state index is 9.44. The number of aliphatic hydroxyl groups excluding tert-OH is 1. The Labute approximate surface area is 111 Å². The predicted molar refractivity (Wildman–Crippen MR) is 73.9 cm³/mol. The highest BCUT2D eigenvalue weighted by Gasteiger charge is 2.26. The van der Waals surface area contributed by atoms with Crippen LogP contribution >= 0.6 is 11.3 Å². The zero-order valence-corrected chi connectivity index (χ0v) is 11.2. The Morgan fingerprint density at radius 2 is 2.39 bits per heavy atom. The third kappa shape index (κ3) is 1.82. The van der Waals surface area contributed by atoms with Crippen LogP contribution in [0.15, 0.2) is 29.9 Å². The van der Waals surface area contributed by atoms with E-state index in [2.05, 4.69) is 28.3 Å². The molecular weight excluding hydrogens is 244 g/mol. The van der Waals surface area contributed by atoms with Gasteiger partial charge in [-0.05, 0) is 36.4 Å². The molecule has 1 unspecified atom stereocenters. The van der Waals surface area contributed by atoms with Crippen molar-refractivity contribution in [2.75, 3.05) is 11.4 Å². The lowest BCUT2D eigenvalue weighted by molar-refractivity contribution is 0.281. The van der Waals surface area contributed by atoms with E-state index in [0.29, 0.717) is 6.04 Å². The summed E-state index contributed by atoms with van der Waals surface area (Å²) in [6.07, 6.45) is 4.68. The monoisotopic (exact) mass is 260 g/mol. The van der Waals surface area contributed by atoms with E-state index in [4.69, 9.17) is 0 Å². The number of pyridine rings is 1. The number of aromatic nitrogens is 1. The molecule has 0 aromatic carbocycles. The number of hydrogen-bond acceptors (Lipinski definition) is 4. The van der Waals surface area contributed by atoms with Gasteiger partial charge in [0.15, 0.2) is 0 Å². The lowest BCUT2D eigenvalue weighted by Crippen LogP contribution is -2.33. The Bertz CT molecular complexity index is 552. The van der Waals surface area contributed by atoms with Gasteiger partial charge >= 0.3 is 0 Å². The van der Waals surface area contributed by atoms with Crippen molar-refractivity contribution in [3.8, 4) is 0 Å². The molecule has 2 aromatic rings. The summed E-state index contributed by atoms with van der Waals surface area (Å²) < 4.78 is 0. The summed E-state index contributed by atoms with van der Waals surface area (Å²) in [6, 6.07) is 4.46. The average Bonchev–Trinajstić information content (AvgIpc) is 2.88. The van der Waals surface area contributed by atoms with Gasteiger partial charge in [0.25, 0.3) is 0 Å². The minimum atomic E-state index is 0.0670. The first kappa shape index (κ1) is 11.7. The maximum Gasteiger partial charge on any atom is 0.0703 e. The third-order valence-corrected chi connectivity index (χ3v) is 4.64. The van der Waals surface area contributed by atoms with E-state index in [1.54, 1.807) is 6.20 Å². The van der Waals surface area contributed by atoms with E-state index < -0.39 is 0 Å². The van der Waals surface area contributed by atoms with Crippen LogP contribution in [0, 0.1) is 0 Å². The molecule has 3 heterocycles. The van der Waals surface area contributed by atoms with Crippen molar-refractivity contribution in [1.29, 1.82) is 0 Å². The van der Waals surface area contributed by atoms with Gasteiger partial charge < -0.3 is 10.0 Å². The van der Waals surface area contributed by atoms with Crippen LogP contribution in [-0.2, 0) is 13.0 Å². The molecule has 94 valence electrons. The zero-order valence-electron chi connectivity index (χ0n) is 10.3. The van der Waals surface area contributed by atoms with Crippen molar-refractivity contribution in [3.63, 3.8) is 0 Å². The van der Waals surface area contributed by atoms with Gasteiger partial charge in [-0.15, -0.1) is 11.3 Å². The summed E-state index contributed by atoms with van der Waals surface area (Å²) >= 11 is 1.84. The second kappa shape index (κ2) is 4.71. The summed E-state index contributed by atoms with van der Waals surface area (Å²) in [5, 5.41) is 11.6. The Morgan fingerprint density at radius 1 is 1.50 bits per heavy atom. The maximum atomic E-state index is 9.44. The van der Waals surface area contributed by atoms with Gasteiger partial charge in [-0.2, -0.15) is 0 Å². The molecule has 0 radical (unpaired) electrons. The molecule has 0 spiro atoms. The van der Waals surface area contributed by atoms with Crippen LogP contribution in [0.5, 0.6) is 0 Å². The minimum absolute atomic E-state index is 0.0670. The molecule has 18 heavy (non-hydrogen) atoms. The first-order valence-electron chi connectivity index (χ1n) is 6.18. The second-order valence-electron chi connectivity index (χ2n) is 4.58. The summed E-state index contributed by atoms with van der Waals surface area (Å²) in [7, 11) is 0. The summed E-state index contributed by atoms with van der Waals surface area (Å²) in [6.45, 7) is 3.28. The third-order valence-electron chi connectivity index (χ3n) is 3.64. The second-order valence-corrected chi connectivity index (χ2v) is 5.58. The first-order valence-corrected chi connectivity index (χ1v) is 7.06. The fourth-order valence-electron chi connectivity index (χ4n) is 2.65. The van der Waals surface area contributed by atoms with Gasteiger partial charge in [0, 0.05) is 23.2 Å². The minimum Gasteiger partial charge on any atom is -0.392 e. The van der Waals surface area contributed by atoms with Crippen molar-refractivity contribution >= 4 is 17.0 Å². The number of thiophene rings is 1. The molecule has 1 aliphatic heterocycles. The number of fused-ring (bicyclic) bond motifs is 1. The standard InChI is InChI=1S/C14H16N2OS/c1-10-12-4-7-18-14(12)3-6-16(10)13-8-15-5-2-11(13)9-17/h2,4-5,7-8,10,17H,3,6,9H2,1H3. The van der Waals surface area contributed by atoms with Gasteiger partial charge in [0.05, 0.1) is 24.5 Å².